The van der Waals surface area contributed by atoms with Crippen LogP contribution in [-0.2, 0) is 24.2 Å². The molecule has 26 heavy (non-hydrogen) atoms. The third-order valence-corrected chi connectivity index (χ3v) is 5.06. The lowest BCUT2D eigenvalue weighted by Crippen LogP contribution is -2.41. The van der Waals surface area contributed by atoms with Crippen molar-refractivity contribution in [3.05, 3.63) is 16.3 Å². The summed E-state index contributed by atoms with van der Waals surface area (Å²) >= 11 is 0. The summed E-state index contributed by atoms with van der Waals surface area (Å²) in [5, 5.41) is 7.89. The number of hydrogen-bond donors (Lipinski definition) is 1. The van der Waals surface area contributed by atoms with Gasteiger partial charge in [-0.1, -0.05) is 0 Å². The number of rotatable bonds is 6. The standard InChI is InChI=1S/C17H30N6O2.HI/c1-18-16(21-11-7-14(12-21)13-25-2)19-8-5-10-23-17(24)22-9-4-3-6-15(22)20-23;/h14H,3-13H2,1-2H3,(H,18,19);1H. The van der Waals surface area contributed by atoms with Gasteiger partial charge in [0.05, 0.1) is 6.61 Å². The van der Waals surface area contributed by atoms with Crippen LogP contribution in [0.2, 0.25) is 0 Å². The molecule has 0 radical (unpaired) electrons. The second-order valence-corrected chi connectivity index (χ2v) is 6.91. The summed E-state index contributed by atoms with van der Waals surface area (Å²) in [6, 6.07) is 0. The maximum Gasteiger partial charge on any atom is 0.345 e. The van der Waals surface area contributed by atoms with E-state index in [1.54, 1.807) is 11.8 Å². The molecule has 3 heterocycles. The highest BCUT2D eigenvalue weighted by Gasteiger charge is 2.24. The highest BCUT2D eigenvalue weighted by molar-refractivity contribution is 14.0. The quantitative estimate of drug-likeness (QED) is 0.285. The van der Waals surface area contributed by atoms with Crippen LogP contribution in [0.5, 0.6) is 0 Å². The number of likely N-dealkylation sites (tertiary alicyclic amines) is 1. The summed E-state index contributed by atoms with van der Waals surface area (Å²) in [6.45, 7) is 5.06. The lowest BCUT2D eigenvalue weighted by atomic mass is 10.1. The first-order valence-corrected chi connectivity index (χ1v) is 9.34. The van der Waals surface area contributed by atoms with E-state index in [0.717, 1.165) is 76.7 Å². The maximum atomic E-state index is 12.3. The van der Waals surface area contributed by atoms with Crippen molar-refractivity contribution in [3.8, 4) is 0 Å². The Balaban J connectivity index is 0.00000243. The molecular weight excluding hydrogens is 447 g/mol. The van der Waals surface area contributed by atoms with E-state index in [9.17, 15) is 4.79 Å². The molecule has 0 saturated carbocycles. The normalized spacial score (nSPS) is 20.0. The number of aryl methyl sites for hydroxylation is 2. The number of fused-ring (bicyclic) bond motifs is 1. The van der Waals surface area contributed by atoms with E-state index in [1.165, 1.54) is 0 Å². The van der Waals surface area contributed by atoms with Gasteiger partial charge in [0.15, 0.2) is 5.96 Å². The fourth-order valence-electron chi connectivity index (χ4n) is 3.75. The Kier molecular flexibility index (Phi) is 8.39. The van der Waals surface area contributed by atoms with Crippen LogP contribution in [0.4, 0.5) is 0 Å². The Hall–Kier alpha value is -1.10. The van der Waals surface area contributed by atoms with Crippen LogP contribution in [0.15, 0.2) is 9.79 Å². The Morgan fingerprint density at radius 2 is 2.23 bits per heavy atom. The monoisotopic (exact) mass is 478 g/mol. The van der Waals surface area contributed by atoms with Crippen molar-refractivity contribution < 1.29 is 4.74 Å². The largest absolute Gasteiger partial charge is 0.384 e. The summed E-state index contributed by atoms with van der Waals surface area (Å²) in [7, 11) is 3.57. The van der Waals surface area contributed by atoms with Gasteiger partial charge in [0, 0.05) is 59.2 Å². The minimum absolute atomic E-state index is 0. The first-order chi connectivity index (χ1) is 12.2. The molecule has 3 rings (SSSR count). The minimum Gasteiger partial charge on any atom is -0.384 e. The molecule has 0 bridgehead atoms. The predicted octanol–water partition coefficient (Wildman–Crippen LogP) is 0.933. The van der Waals surface area contributed by atoms with Crippen LogP contribution in [-0.4, -0.2) is 65.6 Å². The highest BCUT2D eigenvalue weighted by atomic mass is 127. The lowest BCUT2D eigenvalue weighted by Gasteiger charge is -2.21. The molecule has 1 fully saturated rings. The van der Waals surface area contributed by atoms with E-state index >= 15 is 0 Å². The van der Waals surface area contributed by atoms with Gasteiger partial charge in [0.2, 0.25) is 0 Å². The SMILES string of the molecule is CN=C(NCCCn1nc2n(c1=O)CCCC2)N1CCC(COC)C1.I. The smallest absolute Gasteiger partial charge is 0.345 e. The first kappa shape index (κ1) is 21.2. The summed E-state index contributed by atoms with van der Waals surface area (Å²) in [6.07, 6.45) is 5.13. The average Bonchev–Trinajstić information content (AvgIpc) is 3.21. The third-order valence-electron chi connectivity index (χ3n) is 5.06. The number of ether oxygens (including phenoxy) is 1. The number of aliphatic imine (C=N–C) groups is 1. The molecule has 1 saturated heterocycles. The van der Waals surface area contributed by atoms with Gasteiger partial charge in [-0.25, -0.2) is 9.48 Å². The fraction of sp³-hybridized carbons (Fsp3) is 0.824. The average molecular weight is 478 g/mol. The Morgan fingerprint density at radius 3 is 2.96 bits per heavy atom. The molecule has 1 unspecified atom stereocenters. The molecule has 1 N–H and O–H groups in total. The van der Waals surface area contributed by atoms with Gasteiger partial charge in [-0.3, -0.25) is 9.56 Å². The molecule has 0 aromatic carbocycles. The highest BCUT2D eigenvalue weighted by Crippen LogP contribution is 2.16. The van der Waals surface area contributed by atoms with Gasteiger partial charge >= 0.3 is 5.69 Å². The van der Waals surface area contributed by atoms with Crippen molar-refractivity contribution in [1.29, 1.82) is 0 Å². The number of aromatic nitrogens is 3. The number of nitrogens with one attached hydrogen (secondary N) is 1. The van der Waals surface area contributed by atoms with E-state index in [0.29, 0.717) is 12.5 Å². The van der Waals surface area contributed by atoms with Crippen LogP contribution in [0.3, 0.4) is 0 Å². The number of halogens is 1. The molecule has 0 aliphatic carbocycles. The molecule has 0 spiro atoms. The van der Waals surface area contributed by atoms with E-state index in [4.69, 9.17) is 4.74 Å². The fourth-order valence-corrected chi connectivity index (χ4v) is 3.75. The summed E-state index contributed by atoms with van der Waals surface area (Å²) in [4.78, 5) is 19.0. The molecule has 1 aromatic heterocycles. The molecule has 0 amide bonds. The van der Waals surface area contributed by atoms with E-state index < -0.39 is 0 Å². The molecule has 8 nitrogen and oxygen atoms in total. The zero-order chi connectivity index (χ0) is 17.6. The van der Waals surface area contributed by atoms with Crippen LogP contribution in [0, 0.1) is 5.92 Å². The topological polar surface area (TPSA) is 76.7 Å². The lowest BCUT2D eigenvalue weighted by molar-refractivity contribution is 0.157. The second kappa shape index (κ2) is 10.3. The van der Waals surface area contributed by atoms with Crippen LogP contribution < -0.4 is 11.0 Å². The van der Waals surface area contributed by atoms with Crippen molar-refractivity contribution in [2.24, 2.45) is 10.9 Å². The predicted molar refractivity (Wildman–Crippen MR) is 112 cm³/mol. The van der Waals surface area contributed by atoms with Crippen molar-refractivity contribution in [2.45, 2.75) is 45.2 Å². The Morgan fingerprint density at radius 1 is 1.38 bits per heavy atom. The summed E-state index contributed by atoms with van der Waals surface area (Å²) in [5.74, 6) is 2.47. The van der Waals surface area contributed by atoms with Crippen LogP contribution in [0.25, 0.3) is 0 Å². The van der Waals surface area contributed by atoms with Crippen LogP contribution in [0.1, 0.15) is 31.5 Å². The van der Waals surface area contributed by atoms with Crippen molar-refractivity contribution in [3.63, 3.8) is 0 Å². The molecular formula is C17H31IN6O2. The van der Waals surface area contributed by atoms with Crippen LogP contribution >= 0.6 is 24.0 Å². The molecule has 2 aliphatic rings. The van der Waals surface area contributed by atoms with E-state index in [-0.39, 0.29) is 29.7 Å². The van der Waals surface area contributed by atoms with Gasteiger partial charge in [0.25, 0.3) is 0 Å². The van der Waals surface area contributed by atoms with Gasteiger partial charge in [0.1, 0.15) is 5.82 Å². The van der Waals surface area contributed by atoms with Gasteiger partial charge in [-0.05, 0) is 25.7 Å². The Labute approximate surface area is 172 Å². The van der Waals surface area contributed by atoms with Crippen molar-refractivity contribution >= 4 is 29.9 Å². The number of nitrogens with zero attached hydrogens (tertiary/aromatic N) is 5. The summed E-state index contributed by atoms with van der Waals surface area (Å²) in [5.41, 5.74) is 0.0426. The zero-order valence-corrected chi connectivity index (χ0v) is 18.1. The van der Waals surface area contributed by atoms with Gasteiger partial charge < -0.3 is 15.0 Å². The molecule has 1 atom stereocenters. The van der Waals surface area contributed by atoms with Crippen molar-refractivity contribution in [1.82, 2.24) is 24.6 Å². The number of hydrogen-bond acceptors (Lipinski definition) is 4. The summed E-state index contributed by atoms with van der Waals surface area (Å²) < 4.78 is 8.70. The van der Waals surface area contributed by atoms with Gasteiger partial charge in [-0.2, -0.15) is 5.10 Å². The maximum absolute atomic E-state index is 12.3. The van der Waals surface area contributed by atoms with E-state index in [1.807, 2.05) is 11.6 Å². The third kappa shape index (κ3) is 4.99. The number of methoxy groups -OCH3 is 1. The van der Waals surface area contributed by atoms with Gasteiger partial charge in [-0.15, -0.1) is 24.0 Å². The molecule has 1 aromatic rings. The molecule has 2 aliphatic heterocycles. The van der Waals surface area contributed by atoms with E-state index in [2.05, 4.69) is 20.3 Å². The van der Waals surface area contributed by atoms with Crippen molar-refractivity contribution in [2.75, 3.05) is 40.4 Å². The number of guanidine groups is 1. The first-order valence-electron chi connectivity index (χ1n) is 9.34. The minimum atomic E-state index is 0. The molecule has 9 heteroatoms. The molecule has 148 valence electrons. The Bertz CT molecular complexity index is 656. The second-order valence-electron chi connectivity index (χ2n) is 6.91. The zero-order valence-electron chi connectivity index (χ0n) is 15.8.